The molecule has 3 aromatic rings. The maximum Gasteiger partial charge on any atom is 0.243 e. The quantitative estimate of drug-likeness (QED) is 0.181. The molecule has 0 atom stereocenters. The molecule has 1 aromatic carbocycles. The first-order valence-corrected chi connectivity index (χ1v) is 10.3. The summed E-state index contributed by atoms with van der Waals surface area (Å²) in [5, 5.41) is 9.34. The van der Waals surface area contributed by atoms with Crippen molar-refractivity contribution < 1.29 is 14.7 Å². The molecule has 28 heavy (non-hydrogen) atoms. The summed E-state index contributed by atoms with van der Waals surface area (Å²) >= 11 is 3.76. The molecule has 0 radical (unpaired) electrons. The number of fused-ring (bicyclic) bond motifs is 1. The summed E-state index contributed by atoms with van der Waals surface area (Å²) in [6.07, 6.45) is 2.99. The molecule has 148 valence electrons. The summed E-state index contributed by atoms with van der Waals surface area (Å²) in [4.78, 5) is 25.2. The molecule has 0 unspecified atom stereocenters. The Morgan fingerprint density at radius 1 is 1.39 bits per heavy atom. The fourth-order valence-electron chi connectivity index (χ4n) is 2.61. The van der Waals surface area contributed by atoms with Crippen molar-refractivity contribution in [1.82, 2.24) is 25.0 Å². The highest BCUT2D eigenvalue weighted by Gasteiger charge is 2.17. The van der Waals surface area contributed by atoms with Crippen molar-refractivity contribution in [3.63, 3.8) is 0 Å². The lowest BCUT2D eigenvalue weighted by Crippen LogP contribution is -2.18. The van der Waals surface area contributed by atoms with E-state index in [1.807, 2.05) is 22.8 Å². The Labute approximate surface area is 179 Å². The Balaban J connectivity index is 1.90. The fourth-order valence-corrected chi connectivity index (χ4v) is 4.24. The standard InChI is InChI=1S/C17H19IN6O3S/c1-27-10-5-6-11(18)12(8-10)28-17-22-14-15(19)20-9-21-16(14)24(17)7-3-2-4-13(25)23-26/h5-6,8-9,26H,2-4,7H2,1H3,(H,23,25)(H2,19,20,21). The van der Waals surface area contributed by atoms with Gasteiger partial charge in [0.2, 0.25) is 5.91 Å². The Bertz CT molecular complexity index is 996. The number of nitrogens with one attached hydrogen (secondary N) is 1. The topological polar surface area (TPSA) is 128 Å². The van der Waals surface area contributed by atoms with Crippen LogP contribution in [0.25, 0.3) is 11.2 Å². The number of rotatable bonds is 8. The van der Waals surface area contributed by atoms with E-state index in [0.29, 0.717) is 36.4 Å². The van der Waals surface area contributed by atoms with Gasteiger partial charge in [0.1, 0.15) is 12.1 Å². The lowest BCUT2D eigenvalue weighted by Gasteiger charge is -2.10. The largest absolute Gasteiger partial charge is 0.497 e. The van der Waals surface area contributed by atoms with Crippen LogP contribution < -0.4 is 16.0 Å². The molecule has 4 N–H and O–H groups in total. The summed E-state index contributed by atoms with van der Waals surface area (Å²) in [5.41, 5.74) is 8.83. The first kappa shape index (κ1) is 20.6. The normalized spacial score (nSPS) is 11.0. The van der Waals surface area contributed by atoms with E-state index in [2.05, 4.69) is 37.5 Å². The van der Waals surface area contributed by atoms with E-state index >= 15 is 0 Å². The molecule has 0 spiro atoms. The van der Waals surface area contributed by atoms with Crippen LogP contribution in [-0.2, 0) is 11.3 Å². The minimum atomic E-state index is -0.400. The predicted octanol–water partition coefficient (Wildman–Crippen LogP) is 2.85. The van der Waals surface area contributed by atoms with Gasteiger partial charge in [-0.15, -0.1) is 0 Å². The third-order valence-corrected chi connectivity index (χ3v) is 6.38. The van der Waals surface area contributed by atoms with Gasteiger partial charge in [0, 0.05) is 21.4 Å². The SMILES string of the molecule is COc1ccc(I)c(Sc2nc3c(N)ncnc3n2CCCCC(=O)NO)c1. The molecule has 0 aliphatic rings. The van der Waals surface area contributed by atoms with E-state index < -0.39 is 5.91 Å². The smallest absolute Gasteiger partial charge is 0.243 e. The number of aromatic nitrogens is 4. The molecule has 0 aliphatic carbocycles. The van der Waals surface area contributed by atoms with Gasteiger partial charge in [-0.1, -0.05) is 11.8 Å². The Hall–Kier alpha value is -2.12. The van der Waals surface area contributed by atoms with Crippen molar-refractivity contribution in [3.8, 4) is 5.75 Å². The van der Waals surface area contributed by atoms with Gasteiger partial charge in [0.25, 0.3) is 0 Å². The number of nitrogens with two attached hydrogens (primary N) is 1. The lowest BCUT2D eigenvalue weighted by atomic mass is 10.2. The number of unbranched alkanes of at least 4 members (excludes halogenated alkanes) is 1. The minimum Gasteiger partial charge on any atom is -0.497 e. The highest BCUT2D eigenvalue weighted by molar-refractivity contribution is 14.1. The van der Waals surface area contributed by atoms with Gasteiger partial charge < -0.3 is 15.0 Å². The van der Waals surface area contributed by atoms with Crippen molar-refractivity contribution >= 4 is 57.2 Å². The number of benzene rings is 1. The van der Waals surface area contributed by atoms with Crippen LogP contribution in [0.15, 0.2) is 34.6 Å². The first-order valence-electron chi connectivity index (χ1n) is 8.44. The van der Waals surface area contributed by atoms with Crippen LogP contribution >= 0.6 is 34.4 Å². The Morgan fingerprint density at radius 2 is 2.21 bits per heavy atom. The molecule has 1 amide bonds. The summed E-state index contributed by atoms with van der Waals surface area (Å²) in [7, 11) is 1.63. The van der Waals surface area contributed by atoms with Crippen molar-refractivity contribution in [1.29, 1.82) is 0 Å². The number of anilines is 1. The van der Waals surface area contributed by atoms with Crippen LogP contribution in [0.4, 0.5) is 5.82 Å². The Morgan fingerprint density at radius 3 is 2.96 bits per heavy atom. The lowest BCUT2D eigenvalue weighted by molar-refractivity contribution is -0.129. The molecule has 3 rings (SSSR count). The molecular weight excluding hydrogens is 495 g/mol. The van der Waals surface area contributed by atoms with Crippen LogP contribution in [-0.4, -0.2) is 37.7 Å². The zero-order valence-corrected chi connectivity index (χ0v) is 18.0. The van der Waals surface area contributed by atoms with E-state index in [-0.39, 0.29) is 6.42 Å². The Kier molecular flexibility index (Phi) is 6.91. The highest BCUT2D eigenvalue weighted by atomic mass is 127. The third kappa shape index (κ3) is 4.64. The summed E-state index contributed by atoms with van der Waals surface area (Å²) < 4.78 is 8.37. The van der Waals surface area contributed by atoms with E-state index in [9.17, 15) is 4.79 Å². The van der Waals surface area contributed by atoms with Crippen LogP contribution in [0, 0.1) is 3.57 Å². The number of carbonyl (C=O) groups is 1. The minimum absolute atomic E-state index is 0.247. The molecule has 0 fully saturated rings. The number of imidazole rings is 1. The van der Waals surface area contributed by atoms with Gasteiger partial charge in [0.05, 0.1) is 7.11 Å². The van der Waals surface area contributed by atoms with E-state index in [4.69, 9.17) is 15.7 Å². The van der Waals surface area contributed by atoms with Gasteiger partial charge in [-0.2, -0.15) is 0 Å². The predicted molar refractivity (Wildman–Crippen MR) is 113 cm³/mol. The van der Waals surface area contributed by atoms with E-state index in [0.717, 1.165) is 19.4 Å². The molecular formula is C17H19IN6O3S. The number of hydrogen-bond donors (Lipinski definition) is 3. The molecule has 0 saturated heterocycles. The molecule has 0 aliphatic heterocycles. The van der Waals surface area contributed by atoms with Crippen molar-refractivity contribution in [2.75, 3.05) is 12.8 Å². The third-order valence-electron chi connectivity index (χ3n) is 4.03. The number of carbonyl (C=O) groups excluding carboxylic acids is 1. The van der Waals surface area contributed by atoms with Gasteiger partial charge in [0.15, 0.2) is 22.1 Å². The molecule has 0 saturated carbocycles. The van der Waals surface area contributed by atoms with Gasteiger partial charge in [-0.3, -0.25) is 10.0 Å². The van der Waals surface area contributed by atoms with E-state index in [1.54, 1.807) is 12.6 Å². The molecule has 11 heteroatoms. The second-order valence-electron chi connectivity index (χ2n) is 5.87. The van der Waals surface area contributed by atoms with Gasteiger partial charge in [-0.25, -0.2) is 20.4 Å². The summed E-state index contributed by atoms with van der Waals surface area (Å²) in [6, 6.07) is 5.84. The summed E-state index contributed by atoms with van der Waals surface area (Å²) in [5.74, 6) is 0.688. The van der Waals surface area contributed by atoms with Crippen LogP contribution in [0.2, 0.25) is 0 Å². The number of nitrogen functional groups attached to an aromatic ring is 1. The maximum atomic E-state index is 11.2. The second-order valence-corrected chi connectivity index (χ2v) is 8.04. The zero-order valence-electron chi connectivity index (χ0n) is 15.1. The second kappa shape index (κ2) is 9.39. The number of hydrogen-bond acceptors (Lipinski definition) is 8. The van der Waals surface area contributed by atoms with Crippen molar-refractivity contribution in [2.24, 2.45) is 0 Å². The fraction of sp³-hybridized carbons (Fsp3) is 0.294. The highest BCUT2D eigenvalue weighted by Crippen LogP contribution is 2.35. The van der Waals surface area contributed by atoms with Crippen LogP contribution in [0.3, 0.4) is 0 Å². The maximum absolute atomic E-state index is 11.2. The number of hydroxylamine groups is 1. The monoisotopic (exact) mass is 514 g/mol. The summed E-state index contributed by atoms with van der Waals surface area (Å²) in [6.45, 7) is 0.606. The number of halogens is 1. The molecule has 9 nitrogen and oxygen atoms in total. The molecule has 2 heterocycles. The molecule has 2 aromatic heterocycles. The van der Waals surface area contributed by atoms with E-state index in [1.165, 1.54) is 18.1 Å². The number of aryl methyl sites for hydroxylation is 1. The van der Waals surface area contributed by atoms with Crippen LogP contribution in [0.5, 0.6) is 5.75 Å². The average Bonchev–Trinajstić information content (AvgIpc) is 3.05. The first-order chi connectivity index (χ1) is 13.5. The molecule has 0 bridgehead atoms. The zero-order chi connectivity index (χ0) is 20.1. The van der Waals surface area contributed by atoms with Crippen molar-refractivity contribution in [3.05, 3.63) is 28.1 Å². The van der Waals surface area contributed by atoms with Gasteiger partial charge in [-0.05, 0) is 53.6 Å². The number of amides is 1. The average molecular weight is 514 g/mol. The van der Waals surface area contributed by atoms with Crippen LogP contribution in [0.1, 0.15) is 19.3 Å². The van der Waals surface area contributed by atoms with Gasteiger partial charge >= 0.3 is 0 Å². The number of ether oxygens (including phenoxy) is 1. The number of nitrogens with zero attached hydrogens (tertiary/aromatic N) is 4. The van der Waals surface area contributed by atoms with Crippen molar-refractivity contribution in [2.45, 2.75) is 35.9 Å². The number of methoxy groups -OCH3 is 1.